The third-order valence-electron chi connectivity index (χ3n) is 4.22. The first kappa shape index (κ1) is 14.2. The number of benzene rings is 1. The van der Waals surface area contributed by atoms with E-state index in [0.29, 0.717) is 12.5 Å². The molecule has 2 unspecified atom stereocenters. The molecule has 3 nitrogen and oxygen atoms in total. The van der Waals surface area contributed by atoms with E-state index in [9.17, 15) is 5.11 Å². The summed E-state index contributed by atoms with van der Waals surface area (Å²) < 4.78 is 10.6. The zero-order valence-corrected chi connectivity index (χ0v) is 11.9. The van der Waals surface area contributed by atoms with Crippen LogP contribution in [0, 0.1) is 11.8 Å². The van der Waals surface area contributed by atoms with Gasteiger partial charge >= 0.3 is 0 Å². The molecule has 1 aromatic carbocycles. The molecule has 19 heavy (non-hydrogen) atoms. The van der Waals surface area contributed by atoms with Crippen molar-refractivity contribution in [2.24, 2.45) is 11.8 Å². The molecule has 1 N–H and O–H groups in total. The van der Waals surface area contributed by atoms with Gasteiger partial charge in [-0.15, -0.1) is 0 Å². The van der Waals surface area contributed by atoms with Gasteiger partial charge < -0.3 is 14.6 Å². The van der Waals surface area contributed by atoms with Crippen molar-refractivity contribution in [1.29, 1.82) is 0 Å². The summed E-state index contributed by atoms with van der Waals surface area (Å²) in [5.74, 6) is 3.03. The topological polar surface area (TPSA) is 38.7 Å². The molecule has 3 heteroatoms. The van der Waals surface area contributed by atoms with Crippen LogP contribution < -0.4 is 9.47 Å². The summed E-state index contributed by atoms with van der Waals surface area (Å²) >= 11 is 0. The van der Waals surface area contributed by atoms with Crippen molar-refractivity contribution < 1.29 is 14.6 Å². The van der Waals surface area contributed by atoms with E-state index in [1.807, 2.05) is 12.1 Å². The Balaban J connectivity index is 1.92. The number of hydrogen-bond acceptors (Lipinski definition) is 3. The van der Waals surface area contributed by atoms with Gasteiger partial charge in [0.15, 0.2) is 0 Å². The summed E-state index contributed by atoms with van der Waals surface area (Å²) in [5.41, 5.74) is 1.25. The minimum absolute atomic E-state index is 0.350. The predicted octanol–water partition coefficient (Wildman–Crippen LogP) is 3.05. The number of hydrogen-bond donors (Lipinski definition) is 1. The largest absolute Gasteiger partial charge is 0.497 e. The Hall–Kier alpha value is -1.22. The smallest absolute Gasteiger partial charge is 0.125 e. The number of ether oxygens (including phenoxy) is 2. The van der Waals surface area contributed by atoms with Crippen LogP contribution in [0.5, 0.6) is 11.5 Å². The predicted molar refractivity (Wildman–Crippen MR) is 75.8 cm³/mol. The number of aryl methyl sites for hydroxylation is 1. The van der Waals surface area contributed by atoms with Crippen LogP contribution in [0.4, 0.5) is 0 Å². The molecule has 1 fully saturated rings. The lowest BCUT2D eigenvalue weighted by atomic mass is 9.96. The van der Waals surface area contributed by atoms with Crippen molar-refractivity contribution in [1.82, 2.24) is 0 Å². The standard InChI is InChI=1S/C16H24O3/c1-18-15-8-7-14(16(10-15)19-2)6-5-12-3-4-13(9-12)11-17/h7-8,10,12-13,17H,3-6,9,11H2,1-2H3. The zero-order valence-electron chi connectivity index (χ0n) is 11.9. The maximum atomic E-state index is 9.18. The monoisotopic (exact) mass is 264 g/mol. The molecule has 0 aromatic heterocycles. The molecule has 2 rings (SSSR count). The van der Waals surface area contributed by atoms with Crippen molar-refractivity contribution in [3.8, 4) is 11.5 Å². The van der Waals surface area contributed by atoms with Gasteiger partial charge in [-0.2, -0.15) is 0 Å². The van der Waals surface area contributed by atoms with Crippen LogP contribution in [-0.4, -0.2) is 25.9 Å². The van der Waals surface area contributed by atoms with Crippen molar-refractivity contribution in [2.45, 2.75) is 32.1 Å². The molecule has 0 heterocycles. The SMILES string of the molecule is COc1ccc(CCC2CCC(CO)C2)c(OC)c1. The van der Waals surface area contributed by atoms with Gasteiger partial charge in [-0.25, -0.2) is 0 Å². The van der Waals surface area contributed by atoms with E-state index in [1.54, 1.807) is 14.2 Å². The highest BCUT2D eigenvalue weighted by Gasteiger charge is 2.23. The molecular formula is C16H24O3. The van der Waals surface area contributed by atoms with E-state index in [1.165, 1.54) is 31.2 Å². The van der Waals surface area contributed by atoms with Crippen LogP contribution in [-0.2, 0) is 6.42 Å². The van der Waals surface area contributed by atoms with Gasteiger partial charge in [0.25, 0.3) is 0 Å². The quantitative estimate of drug-likeness (QED) is 0.858. The molecule has 0 spiro atoms. The fraction of sp³-hybridized carbons (Fsp3) is 0.625. The minimum atomic E-state index is 0.350. The van der Waals surface area contributed by atoms with E-state index >= 15 is 0 Å². The van der Waals surface area contributed by atoms with Gasteiger partial charge in [0.1, 0.15) is 11.5 Å². The highest BCUT2D eigenvalue weighted by atomic mass is 16.5. The molecule has 106 valence electrons. The minimum Gasteiger partial charge on any atom is -0.497 e. The zero-order chi connectivity index (χ0) is 13.7. The molecule has 0 amide bonds. The molecule has 0 aliphatic heterocycles. The number of methoxy groups -OCH3 is 2. The molecule has 1 aromatic rings. The summed E-state index contributed by atoms with van der Waals surface area (Å²) in [5, 5.41) is 9.18. The summed E-state index contributed by atoms with van der Waals surface area (Å²) in [7, 11) is 3.37. The number of aliphatic hydroxyl groups is 1. The summed E-state index contributed by atoms with van der Waals surface area (Å²) in [6.07, 6.45) is 5.83. The third-order valence-corrected chi connectivity index (χ3v) is 4.22. The Morgan fingerprint density at radius 1 is 1.16 bits per heavy atom. The van der Waals surface area contributed by atoms with Gasteiger partial charge in [-0.3, -0.25) is 0 Å². The number of rotatable bonds is 6. The average Bonchev–Trinajstić information content (AvgIpc) is 2.92. The number of aliphatic hydroxyl groups excluding tert-OH is 1. The van der Waals surface area contributed by atoms with Gasteiger partial charge in [0, 0.05) is 12.7 Å². The first-order valence-electron chi connectivity index (χ1n) is 7.08. The molecule has 1 saturated carbocycles. The Bertz CT molecular complexity index is 403. The Kier molecular flexibility index (Phi) is 5.08. The Morgan fingerprint density at radius 2 is 1.95 bits per heavy atom. The second-order valence-electron chi connectivity index (χ2n) is 5.44. The van der Waals surface area contributed by atoms with Crippen LogP contribution in [0.2, 0.25) is 0 Å². The molecule has 1 aliphatic carbocycles. The van der Waals surface area contributed by atoms with Crippen molar-refractivity contribution in [3.63, 3.8) is 0 Å². The van der Waals surface area contributed by atoms with Crippen LogP contribution >= 0.6 is 0 Å². The van der Waals surface area contributed by atoms with E-state index in [4.69, 9.17) is 9.47 Å². The van der Waals surface area contributed by atoms with E-state index in [0.717, 1.165) is 23.8 Å². The van der Waals surface area contributed by atoms with Crippen LogP contribution in [0.1, 0.15) is 31.2 Å². The van der Waals surface area contributed by atoms with Crippen molar-refractivity contribution in [2.75, 3.05) is 20.8 Å². The Morgan fingerprint density at radius 3 is 2.58 bits per heavy atom. The summed E-state index contributed by atoms with van der Waals surface area (Å²) in [6.45, 7) is 0.350. The van der Waals surface area contributed by atoms with Gasteiger partial charge in [-0.05, 0) is 49.1 Å². The van der Waals surface area contributed by atoms with E-state index in [2.05, 4.69) is 6.07 Å². The van der Waals surface area contributed by atoms with Crippen molar-refractivity contribution in [3.05, 3.63) is 23.8 Å². The average molecular weight is 264 g/mol. The van der Waals surface area contributed by atoms with Crippen molar-refractivity contribution >= 4 is 0 Å². The van der Waals surface area contributed by atoms with Gasteiger partial charge in [-0.1, -0.05) is 12.5 Å². The fourth-order valence-electron chi connectivity index (χ4n) is 3.02. The first-order chi connectivity index (χ1) is 9.26. The molecular weight excluding hydrogens is 240 g/mol. The highest BCUT2D eigenvalue weighted by Crippen LogP contribution is 2.34. The molecule has 2 atom stereocenters. The molecule has 1 aliphatic rings. The second-order valence-corrected chi connectivity index (χ2v) is 5.44. The molecule has 0 radical (unpaired) electrons. The van der Waals surface area contributed by atoms with Crippen LogP contribution in [0.3, 0.4) is 0 Å². The third kappa shape index (κ3) is 3.63. The lowest BCUT2D eigenvalue weighted by Gasteiger charge is -2.13. The molecule has 0 bridgehead atoms. The van der Waals surface area contributed by atoms with Gasteiger partial charge in [0.2, 0.25) is 0 Å². The lowest BCUT2D eigenvalue weighted by molar-refractivity contribution is 0.225. The normalized spacial score (nSPS) is 22.5. The fourth-order valence-corrected chi connectivity index (χ4v) is 3.02. The Labute approximate surface area is 115 Å². The second kappa shape index (κ2) is 6.80. The summed E-state index contributed by atoms with van der Waals surface area (Å²) in [6, 6.07) is 6.03. The molecule has 0 saturated heterocycles. The van der Waals surface area contributed by atoms with Gasteiger partial charge in [0.05, 0.1) is 14.2 Å². The highest BCUT2D eigenvalue weighted by molar-refractivity contribution is 5.40. The first-order valence-corrected chi connectivity index (χ1v) is 7.08. The maximum absolute atomic E-state index is 9.18. The van der Waals surface area contributed by atoms with Crippen LogP contribution in [0.15, 0.2) is 18.2 Å². The van der Waals surface area contributed by atoms with E-state index in [-0.39, 0.29) is 0 Å². The van der Waals surface area contributed by atoms with E-state index < -0.39 is 0 Å². The lowest BCUT2D eigenvalue weighted by Crippen LogP contribution is -2.03. The maximum Gasteiger partial charge on any atom is 0.125 e. The summed E-state index contributed by atoms with van der Waals surface area (Å²) in [4.78, 5) is 0. The van der Waals surface area contributed by atoms with Crippen LogP contribution in [0.25, 0.3) is 0 Å².